The van der Waals surface area contributed by atoms with Crippen molar-refractivity contribution in [1.29, 1.82) is 0 Å². The largest absolute Gasteiger partial charge is 0.320 e. The van der Waals surface area contributed by atoms with Crippen molar-refractivity contribution in [3.05, 3.63) is 29.6 Å². The van der Waals surface area contributed by atoms with E-state index in [4.69, 9.17) is 5.73 Å². The van der Waals surface area contributed by atoms with Gasteiger partial charge >= 0.3 is 0 Å². The maximum Gasteiger partial charge on any atom is 0.243 e. The normalized spacial score (nSPS) is 16.1. The van der Waals surface area contributed by atoms with Crippen molar-refractivity contribution in [3.8, 4) is 0 Å². The number of hydrogen-bond acceptors (Lipinski definition) is 2. The number of rotatable bonds is 2. The van der Waals surface area contributed by atoms with E-state index in [1.54, 1.807) is 11.0 Å². The Morgan fingerprint density at radius 2 is 2.38 bits per heavy atom. The van der Waals surface area contributed by atoms with Gasteiger partial charge in [-0.25, -0.2) is 4.39 Å². The molecule has 1 heterocycles. The third-order valence-electron chi connectivity index (χ3n) is 2.97. The molecule has 2 N–H and O–H groups in total. The number of nitrogens with zero attached hydrogens (tertiary/aromatic N) is 1. The molecule has 0 aliphatic carbocycles. The first kappa shape index (κ1) is 11.1. The fraction of sp³-hybridized carbons (Fsp3) is 0.417. The summed E-state index contributed by atoms with van der Waals surface area (Å²) in [5.41, 5.74) is 7.39. The van der Waals surface area contributed by atoms with Gasteiger partial charge in [-0.05, 0) is 30.5 Å². The number of carbonyl (C=O) groups is 1. The molecule has 86 valence electrons. The molecule has 3 nitrogen and oxygen atoms in total. The highest BCUT2D eigenvalue weighted by Crippen LogP contribution is 2.29. The topological polar surface area (TPSA) is 46.3 Å². The Kier molecular flexibility index (Phi) is 2.92. The molecule has 1 amide bonds. The average Bonchev–Trinajstić information content (AvgIpc) is 2.69. The number of nitrogens with two attached hydrogens (primary N) is 1. The molecule has 1 aromatic rings. The van der Waals surface area contributed by atoms with Crippen LogP contribution in [0.1, 0.15) is 18.9 Å². The van der Waals surface area contributed by atoms with E-state index in [-0.39, 0.29) is 11.7 Å². The molecule has 4 heteroatoms. The van der Waals surface area contributed by atoms with E-state index in [1.807, 2.05) is 6.92 Å². The summed E-state index contributed by atoms with van der Waals surface area (Å²) in [6.07, 6.45) is 1.37. The van der Waals surface area contributed by atoms with Crippen molar-refractivity contribution in [1.82, 2.24) is 0 Å². The van der Waals surface area contributed by atoms with Crippen molar-refractivity contribution in [2.45, 2.75) is 25.8 Å². The summed E-state index contributed by atoms with van der Waals surface area (Å²) >= 11 is 0. The van der Waals surface area contributed by atoms with Gasteiger partial charge in [0.1, 0.15) is 5.82 Å². The van der Waals surface area contributed by atoms with E-state index in [1.165, 1.54) is 12.1 Å². The maximum atomic E-state index is 13.1. The van der Waals surface area contributed by atoms with Crippen molar-refractivity contribution in [2.24, 2.45) is 5.73 Å². The van der Waals surface area contributed by atoms with Gasteiger partial charge in [0.2, 0.25) is 5.91 Å². The van der Waals surface area contributed by atoms with Crippen molar-refractivity contribution < 1.29 is 9.18 Å². The number of fused-ring (bicyclic) bond motifs is 1. The van der Waals surface area contributed by atoms with E-state index < -0.39 is 6.04 Å². The van der Waals surface area contributed by atoms with E-state index in [2.05, 4.69) is 0 Å². The molecular formula is C12H15FN2O. The molecule has 1 aliphatic rings. The SMILES string of the molecule is CC[C@@H](N)C(=O)N1CCc2ccc(F)cc21. The first-order chi connectivity index (χ1) is 7.63. The summed E-state index contributed by atoms with van der Waals surface area (Å²) in [7, 11) is 0. The zero-order valence-corrected chi connectivity index (χ0v) is 9.24. The molecule has 1 atom stereocenters. The summed E-state index contributed by atoms with van der Waals surface area (Å²) in [6, 6.07) is 4.07. The van der Waals surface area contributed by atoms with Crippen LogP contribution in [0.15, 0.2) is 18.2 Å². The van der Waals surface area contributed by atoms with Crippen LogP contribution in [0.3, 0.4) is 0 Å². The van der Waals surface area contributed by atoms with Crippen molar-refractivity contribution >= 4 is 11.6 Å². The average molecular weight is 222 g/mol. The minimum atomic E-state index is -0.491. The highest BCUT2D eigenvalue weighted by molar-refractivity contribution is 5.98. The zero-order valence-electron chi connectivity index (χ0n) is 9.24. The lowest BCUT2D eigenvalue weighted by Gasteiger charge is -2.20. The van der Waals surface area contributed by atoms with Crippen molar-refractivity contribution in [2.75, 3.05) is 11.4 Å². The molecule has 2 rings (SSSR count). The molecule has 0 saturated heterocycles. The summed E-state index contributed by atoms with van der Waals surface area (Å²) < 4.78 is 13.1. The number of anilines is 1. The van der Waals surface area contributed by atoms with Crippen LogP contribution in [-0.4, -0.2) is 18.5 Å². The third-order valence-corrected chi connectivity index (χ3v) is 2.97. The molecule has 0 fully saturated rings. The number of benzene rings is 1. The number of hydrogen-bond donors (Lipinski definition) is 1. The summed E-state index contributed by atoms with van der Waals surface area (Å²) in [4.78, 5) is 13.5. The van der Waals surface area contributed by atoms with Gasteiger partial charge in [0, 0.05) is 12.2 Å². The van der Waals surface area contributed by atoms with Gasteiger partial charge < -0.3 is 10.6 Å². The van der Waals surface area contributed by atoms with Crippen LogP contribution in [0.25, 0.3) is 0 Å². The minimum absolute atomic E-state index is 0.119. The number of carbonyl (C=O) groups excluding carboxylic acids is 1. The monoisotopic (exact) mass is 222 g/mol. The van der Waals surface area contributed by atoms with Crippen LogP contribution < -0.4 is 10.6 Å². The second-order valence-corrected chi connectivity index (χ2v) is 4.03. The molecular weight excluding hydrogens is 207 g/mol. The number of amides is 1. The lowest BCUT2D eigenvalue weighted by Crippen LogP contribution is -2.42. The molecule has 1 aromatic carbocycles. The van der Waals surface area contributed by atoms with Crippen LogP contribution in [0, 0.1) is 5.82 Å². The van der Waals surface area contributed by atoms with Gasteiger partial charge in [-0.2, -0.15) is 0 Å². The second-order valence-electron chi connectivity index (χ2n) is 4.03. The van der Waals surface area contributed by atoms with Gasteiger partial charge in [-0.15, -0.1) is 0 Å². The molecule has 0 aromatic heterocycles. The lowest BCUT2D eigenvalue weighted by atomic mass is 10.1. The highest BCUT2D eigenvalue weighted by atomic mass is 19.1. The standard InChI is InChI=1S/C12H15FN2O/c1-2-10(14)12(16)15-6-5-8-3-4-9(13)7-11(8)15/h3-4,7,10H,2,5-6,14H2,1H3/t10-/m1/s1. The Balaban J connectivity index is 2.29. The summed E-state index contributed by atoms with van der Waals surface area (Å²) in [5.74, 6) is -0.435. The Labute approximate surface area is 94.0 Å². The Morgan fingerprint density at radius 1 is 1.62 bits per heavy atom. The van der Waals surface area contributed by atoms with Gasteiger partial charge in [-0.1, -0.05) is 13.0 Å². The molecule has 0 saturated carbocycles. The van der Waals surface area contributed by atoms with Crippen LogP contribution >= 0.6 is 0 Å². The second kappa shape index (κ2) is 4.22. The van der Waals surface area contributed by atoms with Crippen LogP contribution in [-0.2, 0) is 11.2 Å². The molecule has 1 aliphatic heterocycles. The van der Waals surface area contributed by atoms with Crippen LogP contribution in [0.4, 0.5) is 10.1 Å². The lowest BCUT2D eigenvalue weighted by molar-refractivity contribution is -0.119. The summed E-state index contributed by atoms with van der Waals surface area (Å²) in [6.45, 7) is 2.47. The van der Waals surface area contributed by atoms with E-state index in [0.29, 0.717) is 18.7 Å². The molecule has 16 heavy (non-hydrogen) atoms. The smallest absolute Gasteiger partial charge is 0.243 e. The Hall–Kier alpha value is -1.42. The molecule has 0 radical (unpaired) electrons. The third kappa shape index (κ3) is 1.80. The Morgan fingerprint density at radius 3 is 3.06 bits per heavy atom. The number of halogens is 1. The maximum absolute atomic E-state index is 13.1. The van der Waals surface area contributed by atoms with E-state index in [9.17, 15) is 9.18 Å². The van der Waals surface area contributed by atoms with Crippen LogP contribution in [0.5, 0.6) is 0 Å². The van der Waals surface area contributed by atoms with Gasteiger partial charge in [-0.3, -0.25) is 4.79 Å². The fourth-order valence-corrected chi connectivity index (χ4v) is 1.96. The first-order valence-corrected chi connectivity index (χ1v) is 5.49. The predicted octanol–water partition coefficient (Wildman–Crippen LogP) is 1.45. The predicted molar refractivity (Wildman–Crippen MR) is 60.7 cm³/mol. The Bertz CT molecular complexity index is 419. The molecule has 0 spiro atoms. The van der Waals surface area contributed by atoms with E-state index in [0.717, 1.165) is 12.0 Å². The van der Waals surface area contributed by atoms with Crippen molar-refractivity contribution in [3.63, 3.8) is 0 Å². The highest BCUT2D eigenvalue weighted by Gasteiger charge is 2.27. The van der Waals surface area contributed by atoms with Gasteiger partial charge in [0.05, 0.1) is 6.04 Å². The van der Waals surface area contributed by atoms with Gasteiger partial charge in [0.15, 0.2) is 0 Å². The van der Waals surface area contributed by atoms with Gasteiger partial charge in [0.25, 0.3) is 0 Å². The van der Waals surface area contributed by atoms with E-state index >= 15 is 0 Å². The summed E-state index contributed by atoms with van der Waals surface area (Å²) in [5, 5.41) is 0. The zero-order chi connectivity index (χ0) is 11.7. The molecule has 0 bridgehead atoms. The molecule has 0 unspecified atom stereocenters. The fourth-order valence-electron chi connectivity index (χ4n) is 1.96. The first-order valence-electron chi connectivity index (χ1n) is 5.49. The van der Waals surface area contributed by atoms with Crippen LogP contribution in [0.2, 0.25) is 0 Å². The minimum Gasteiger partial charge on any atom is -0.320 e. The quantitative estimate of drug-likeness (QED) is 0.823.